The van der Waals surface area contributed by atoms with Crippen molar-refractivity contribution in [1.82, 2.24) is 25.1 Å². The first-order chi connectivity index (χ1) is 21.2. The van der Waals surface area contributed by atoms with Crippen molar-refractivity contribution in [2.75, 3.05) is 33.4 Å². The Kier molecular flexibility index (Phi) is 9.72. The Morgan fingerprint density at radius 1 is 1.11 bits per heavy atom. The van der Waals surface area contributed by atoms with Crippen molar-refractivity contribution in [3.63, 3.8) is 0 Å². The standard InChI is InChI=1S/C31H35F4N5O4/c1-43-30(42)38-25-9-5-6-10-26(25)40-19-37-27(28(40)20-7-3-2-4-8-20)29(41)39-13-12-36-18-23(39)11-14-44-24-16-21(31(33,34)35)15-22(32)17-24/h2-4,7-8,15-17,19,23,25-26,36H,5-6,9-14,18H2,1H3,(H,38,42)/t23-,25+,26+/m1/s1. The summed E-state index contributed by atoms with van der Waals surface area (Å²) in [5.74, 6) is -1.56. The van der Waals surface area contributed by atoms with Gasteiger partial charge in [-0.25, -0.2) is 14.2 Å². The summed E-state index contributed by atoms with van der Waals surface area (Å²) in [5.41, 5.74) is 0.588. The molecule has 1 aliphatic carbocycles. The lowest BCUT2D eigenvalue weighted by Gasteiger charge is -2.36. The third-order valence-corrected chi connectivity index (χ3v) is 8.15. The van der Waals surface area contributed by atoms with Crippen LogP contribution in [0.2, 0.25) is 0 Å². The van der Waals surface area contributed by atoms with E-state index in [9.17, 15) is 27.2 Å². The summed E-state index contributed by atoms with van der Waals surface area (Å²) in [5, 5.41) is 6.20. The number of alkyl carbamates (subject to hydrolysis) is 1. The van der Waals surface area contributed by atoms with Crippen LogP contribution in [0, 0.1) is 5.82 Å². The smallest absolute Gasteiger partial charge is 0.416 e. The Labute approximate surface area is 252 Å². The van der Waals surface area contributed by atoms with Crippen LogP contribution in [0.1, 0.15) is 54.2 Å². The Morgan fingerprint density at radius 2 is 1.89 bits per heavy atom. The summed E-state index contributed by atoms with van der Waals surface area (Å²) in [7, 11) is 1.32. The van der Waals surface area contributed by atoms with Gasteiger partial charge in [0.05, 0.1) is 43.4 Å². The molecule has 1 saturated heterocycles. The van der Waals surface area contributed by atoms with Crippen molar-refractivity contribution in [1.29, 1.82) is 0 Å². The van der Waals surface area contributed by atoms with Gasteiger partial charge >= 0.3 is 12.3 Å². The van der Waals surface area contributed by atoms with Crippen molar-refractivity contribution in [2.24, 2.45) is 0 Å². The van der Waals surface area contributed by atoms with Crippen molar-refractivity contribution < 1.29 is 36.6 Å². The second-order valence-electron chi connectivity index (χ2n) is 11.0. The molecule has 3 aromatic rings. The van der Waals surface area contributed by atoms with E-state index < -0.39 is 23.7 Å². The summed E-state index contributed by atoms with van der Waals surface area (Å²) < 4.78 is 65.6. The minimum Gasteiger partial charge on any atom is -0.493 e. The van der Waals surface area contributed by atoms with Crippen LogP contribution < -0.4 is 15.4 Å². The van der Waals surface area contributed by atoms with Crippen LogP contribution in [-0.4, -0.2) is 71.9 Å². The highest BCUT2D eigenvalue weighted by Gasteiger charge is 2.35. The molecular weight excluding hydrogens is 582 g/mol. The van der Waals surface area contributed by atoms with Gasteiger partial charge in [0.2, 0.25) is 0 Å². The summed E-state index contributed by atoms with van der Waals surface area (Å²) in [6, 6.07) is 10.9. The van der Waals surface area contributed by atoms with E-state index in [1.54, 1.807) is 11.2 Å². The predicted molar refractivity (Wildman–Crippen MR) is 154 cm³/mol. The molecule has 0 spiro atoms. The number of piperazine rings is 1. The highest BCUT2D eigenvalue weighted by atomic mass is 19.4. The number of alkyl halides is 3. The van der Waals surface area contributed by atoms with Crippen molar-refractivity contribution in [3.8, 4) is 17.0 Å². The maximum absolute atomic E-state index is 14.2. The maximum Gasteiger partial charge on any atom is 0.416 e. The topological polar surface area (TPSA) is 97.7 Å². The first-order valence-corrected chi connectivity index (χ1v) is 14.6. The quantitative estimate of drug-likeness (QED) is 0.327. The Bertz CT molecular complexity index is 1450. The second kappa shape index (κ2) is 13.7. The molecule has 236 valence electrons. The fraction of sp³-hybridized carbons (Fsp3) is 0.452. The SMILES string of the molecule is COC(=O)N[C@H]1CCCC[C@@H]1n1cnc(C(=O)N2CCNC[C@H]2CCOc2cc(F)cc(C(F)(F)F)c2)c1-c1ccccc1. The minimum absolute atomic E-state index is 0.0280. The number of hydrogen-bond donors (Lipinski definition) is 2. The van der Waals surface area contributed by atoms with E-state index in [4.69, 9.17) is 9.47 Å². The number of amides is 2. The molecule has 2 heterocycles. The molecule has 13 heteroatoms. The lowest BCUT2D eigenvalue weighted by Crippen LogP contribution is -2.54. The Hall–Kier alpha value is -4.13. The molecule has 44 heavy (non-hydrogen) atoms. The van der Waals surface area contributed by atoms with Gasteiger partial charge in [0, 0.05) is 43.7 Å². The van der Waals surface area contributed by atoms with Gasteiger partial charge in [-0.1, -0.05) is 43.2 Å². The van der Waals surface area contributed by atoms with Gasteiger partial charge in [0.25, 0.3) is 5.91 Å². The van der Waals surface area contributed by atoms with E-state index in [0.29, 0.717) is 37.8 Å². The zero-order chi connectivity index (χ0) is 31.3. The molecule has 9 nitrogen and oxygen atoms in total. The van der Waals surface area contributed by atoms with Crippen LogP contribution in [0.15, 0.2) is 54.9 Å². The lowest BCUT2D eigenvalue weighted by atomic mass is 9.89. The molecule has 2 N–H and O–H groups in total. The van der Waals surface area contributed by atoms with Gasteiger partial charge in [-0.15, -0.1) is 0 Å². The van der Waals surface area contributed by atoms with Gasteiger partial charge < -0.3 is 29.6 Å². The number of nitrogens with one attached hydrogen (secondary N) is 2. The zero-order valence-electron chi connectivity index (χ0n) is 24.3. The Balaban J connectivity index is 1.38. The molecule has 2 aliphatic rings. The molecular formula is C31H35F4N5O4. The lowest BCUT2D eigenvalue weighted by molar-refractivity contribution is -0.137. The summed E-state index contributed by atoms with van der Waals surface area (Å²) in [4.78, 5) is 32.6. The van der Waals surface area contributed by atoms with E-state index in [1.807, 2.05) is 34.9 Å². The molecule has 2 aromatic carbocycles. The van der Waals surface area contributed by atoms with Crippen LogP contribution in [0.5, 0.6) is 5.75 Å². The monoisotopic (exact) mass is 617 g/mol. The van der Waals surface area contributed by atoms with Crippen LogP contribution in [0.3, 0.4) is 0 Å². The third-order valence-electron chi connectivity index (χ3n) is 8.15. The van der Waals surface area contributed by atoms with Crippen LogP contribution >= 0.6 is 0 Å². The second-order valence-corrected chi connectivity index (χ2v) is 11.0. The number of methoxy groups -OCH3 is 1. The molecule has 2 fully saturated rings. The third kappa shape index (κ3) is 7.15. The number of imidazole rings is 1. The molecule has 0 bridgehead atoms. The van der Waals surface area contributed by atoms with E-state index >= 15 is 0 Å². The van der Waals surface area contributed by atoms with Gasteiger partial charge in [-0.2, -0.15) is 13.2 Å². The van der Waals surface area contributed by atoms with Gasteiger partial charge in [0.15, 0.2) is 5.69 Å². The molecule has 5 rings (SSSR count). The number of halogens is 4. The molecule has 0 radical (unpaired) electrons. The normalized spacial score (nSPS) is 20.7. The maximum atomic E-state index is 14.2. The van der Waals surface area contributed by atoms with Crippen LogP contribution in [0.25, 0.3) is 11.3 Å². The molecule has 2 amide bonds. The fourth-order valence-electron chi connectivity index (χ4n) is 6.02. The summed E-state index contributed by atoms with van der Waals surface area (Å²) in [6.07, 6.45) is 0.167. The average Bonchev–Trinajstić information content (AvgIpc) is 3.46. The minimum atomic E-state index is -4.70. The van der Waals surface area contributed by atoms with Gasteiger partial charge in [-0.3, -0.25) is 4.79 Å². The van der Waals surface area contributed by atoms with Gasteiger partial charge in [0.1, 0.15) is 11.6 Å². The van der Waals surface area contributed by atoms with Crippen molar-refractivity contribution in [3.05, 3.63) is 71.9 Å². The van der Waals surface area contributed by atoms with E-state index in [0.717, 1.165) is 43.4 Å². The summed E-state index contributed by atoms with van der Waals surface area (Å²) in [6.45, 7) is 1.36. The molecule has 0 unspecified atom stereocenters. The van der Waals surface area contributed by atoms with Crippen molar-refractivity contribution in [2.45, 2.75) is 56.4 Å². The van der Waals surface area contributed by atoms with E-state index in [2.05, 4.69) is 15.6 Å². The van der Waals surface area contributed by atoms with Crippen LogP contribution in [0.4, 0.5) is 22.4 Å². The number of hydrogen-bond acceptors (Lipinski definition) is 6. The van der Waals surface area contributed by atoms with E-state index in [1.165, 1.54) is 7.11 Å². The highest BCUT2D eigenvalue weighted by Crippen LogP contribution is 2.36. The van der Waals surface area contributed by atoms with Crippen LogP contribution in [-0.2, 0) is 10.9 Å². The highest BCUT2D eigenvalue weighted by molar-refractivity contribution is 5.98. The number of nitrogens with zero attached hydrogens (tertiary/aromatic N) is 3. The molecule has 1 aromatic heterocycles. The fourth-order valence-corrected chi connectivity index (χ4v) is 6.02. The molecule has 1 aliphatic heterocycles. The number of carbonyl (C=O) groups excluding carboxylic acids is 2. The first kappa shape index (κ1) is 31.3. The van der Waals surface area contributed by atoms with Gasteiger partial charge in [-0.05, 0) is 25.0 Å². The Morgan fingerprint density at radius 3 is 2.64 bits per heavy atom. The predicted octanol–water partition coefficient (Wildman–Crippen LogP) is 5.43. The number of rotatable bonds is 8. The average molecular weight is 618 g/mol. The summed E-state index contributed by atoms with van der Waals surface area (Å²) >= 11 is 0. The molecule has 1 saturated carbocycles. The molecule has 3 atom stereocenters. The number of aromatic nitrogens is 2. The number of ether oxygens (including phenoxy) is 2. The van der Waals surface area contributed by atoms with E-state index in [-0.39, 0.29) is 42.1 Å². The van der Waals surface area contributed by atoms with Crippen molar-refractivity contribution >= 4 is 12.0 Å². The largest absolute Gasteiger partial charge is 0.493 e. The first-order valence-electron chi connectivity index (χ1n) is 14.6. The zero-order valence-corrected chi connectivity index (χ0v) is 24.3. The number of carbonyl (C=O) groups is 2. The number of benzene rings is 2.